The van der Waals surface area contributed by atoms with E-state index >= 15 is 0 Å². The van der Waals surface area contributed by atoms with Gasteiger partial charge < -0.3 is 24.4 Å². The molecule has 3 saturated heterocycles. The number of carbonyl (C=O) groups excluding carboxylic acids is 3. The highest BCUT2D eigenvalue weighted by molar-refractivity contribution is 5.98. The number of rotatable bonds is 15. The van der Waals surface area contributed by atoms with E-state index in [-0.39, 0.29) is 31.0 Å². The first-order valence-electron chi connectivity index (χ1n) is 13.2. The Bertz CT molecular complexity index is 801. The Morgan fingerprint density at radius 1 is 1.31 bits per heavy atom. The molecule has 0 saturated carbocycles. The zero-order valence-corrected chi connectivity index (χ0v) is 21.3. The van der Waals surface area contributed by atoms with Crippen molar-refractivity contribution in [2.24, 2.45) is 11.8 Å². The van der Waals surface area contributed by atoms with E-state index < -0.39 is 35.6 Å². The molecule has 0 aromatic heterocycles. The van der Waals surface area contributed by atoms with Gasteiger partial charge in [0.2, 0.25) is 11.8 Å². The molecule has 35 heavy (non-hydrogen) atoms. The average Bonchev–Trinajstić information content (AvgIpc) is 3.48. The molecule has 3 rings (SSSR count). The van der Waals surface area contributed by atoms with Crippen molar-refractivity contribution in [2.45, 2.75) is 89.0 Å². The summed E-state index contributed by atoms with van der Waals surface area (Å²) in [6.45, 7) is 12.4. The van der Waals surface area contributed by atoms with Crippen LogP contribution in [0.1, 0.15) is 65.2 Å². The molecule has 8 heteroatoms. The molecule has 3 fully saturated rings. The first kappa shape index (κ1) is 27.4. The van der Waals surface area contributed by atoms with Crippen LogP contribution in [0.2, 0.25) is 0 Å². The smallest absolute Gasteiger partial charge is 0.312 e. The van der Waals surface area contributed by atoms with Gasteiger partial charge in [0.25, 0.3) is 0 Å². The molecule has 0 aliphatic carbocycles. The minimum absolute atomic E-state index is 0.0225. The molecule has 0 radical (unpaired) electrons. The lowest BCUT2D eigenvalue weighted by Gasteiger charge is -2.38. The summed E-state index contributed by atoms with van der Waals surface area (Å²) in [4.78, 5) is 44.3. The summed E-state index contributed by atoms with van der Waals surface area (Å²) in [5.41, 5.74) is -1.04. The zero-order chi connectivity index (χ0) is 25.6. The van der Waals surface area contributed by atoms with Crippen molar-refractivity contribution in [1.29, 1.82) is 0 Å². The molecule has 3 aliphatic heterocycles. The molecule has 0 aromatic carbocycles. The largest absolute Gasteiger partial charge is 0.465 e. The van der Waals surface area contributed by atoms with Gasteiger partial charge in [0.05, 0.1) is 24.5 Å². The van der Waals surface area contributed by atoms with E-state index in [1.165, 1.54) is 0 Å². The number of carbonyl (C=O) groups is 3. The van der Waals surface area contributed by atoms with Crippen molar-refractivity contribution < 1.29 is 29.0 Å². The van der Waals surface area contributed by atoms with Gasteiger partial charge in [-0.15, -0.1) is 13.2 Å². The molecule has 196 valence electrons. The molecule has 3 aliphatic rings. The SMILES string of the molecule is C=CCCCCOC(=O)[C@@H]1[C@@H]2CCC3(O2)C(C(=O)N(CC=C)C(C)CCC)N(CCCO)C(=O)[C@H]13. The monoisotopic (exact) mass is 490 g/mol. The van der Waals surface area contributed by atoms with Crippen molar-refractivity contribution in [3.05, 3.63) is 25.3 Å². The third-order valence-corrected chi connectivity index (χ3v) is 7.76. The number of esters is 1. The van der Waals surface area contributed by atoms with Crippen LogP contribution in [0.5, 0.6) is 0 Å². The second-order valence-corrected chi connectivity index (χ2v) is 10.0. The van der Waals surface area contributed by atoms with Crippen LogP contribution < -0.4 is 0 Å². The number of fused-ring (bicyclic) bond motifs is 1. The van der Waals surface area contributed by atoms with Gasteiger partial charge in [0.15, 0.2) is 0 Å². The Morgan fingerprint density at radius 2 is 2.09 bits per heavy atom. The normalized spacial score (nSPS) is 29.7. The summed E-state index contributed by atoms with van der Waals surface area (Å²) in [6.07, 6.45) is 8.87. The van der Waals surface area contributed by atoms with E-state index in [0.717, 1.165) is 32.1 Å². The minimum Gasteiger partial charge on any atom is -0.465 e. The van der Waals surface area contributed by atoms with Crippen LogP contribution >= 0.6 is 0 Å². The third kappa shape index (κ3) is 5.19. The van der Waals surface area contributed by atoms with Crippen molar-refractivity contribution in [2.75, 3.05) is 26.3 Å². The number of allylic oxidation sites excluding steroid dienone is 1. The molecule has 1 N–H and O–H groups in total. The number of unbranched alkanes of at least 4 members (excludes halogenated alkanes) is 2. The maximum Gasteiger partial charge on any atom is 0.312 e. The van der Waals surface area contributed by atoms with Crippen LogP contribution in [0.3, 0.4) is 0 Å². The highest BCUT2D eigenvalue weighted by Crippen LogP contribution is 2.58. The molecule has 0 aromatic rings. The van der Waals surface area contributed by atoms with E-state index in [2.05, 4.69) is 20.1 Å². The summed E-state index contributed by atoms with van der Waals surface area (Å²) < 4.78 is 12.0. The third-order valence-electron chi connectivity index (χ3n) is 7.76. The predicted molar refractivity (Wildman–Crippen MR) is 132 cm³/mol. The van der Waals surface area contributed by atoms with Crippen LogP contribution in [0.15, 0.2) is 25.3 Å². The number of likely N-dealkylation sites (tertiary alicyclic amines) is 1. The molecule has 1 spiro atoms. The molecule has 3 unspecified atom stereocenters. The van der Waals surface area contributed by atoms with Crippen LogP contribution in [0, 0.1) is 11.8 Å². The Morgan fingerprint density at radius 3 is 2.74 bits per heavy atom. The molecular weight excluding hydrogens is 448 g/mol. The standard InChI is InChI=1S/C27H42N2O6/c1-5-8-9-10-18-34-26(33)21-20-13-14-27(35-20)22(21)24(31)29(16-11-17-30)23(27)25(32)28(15-7-3)19(4)12-6-2/h5,7,19-23,30H,1,3,6,8-18H2,2,4H3/t19?,20-,21+,22-,23?,27?/m0/s1. The van der Waals surface area contributed by atoms with E-state index in [0.29, 0.717) is 32.4 Å². The summed E-state index contributed by atoms with van der Waals surface area (Å²) in [7, 11) is 0. The lowest BCUT2D eigenvalue weighted by atomic mass is 9.70. The van der Waals surface area contributed by atoms with E-state index in [1.807, 2.05) is 13.0 Å². The zero-order valence-electron chi connectivity index (χ0n) is 21.3. The van der Waals surface area contributed by atoms with Gasteiger partial charge in [-0.2, -0.15) is 0 Å². The average molecular weight is 491 g/mol. The first-order chi connectivity index (χ1) is 16.9. The number of hydrogen-bond acceptors (Lipinski definition) is 6. The van der Waals surface area contributed by atoms with E-state index in [9.17, 15) is 19.5 Å². The Kier molecular flexibility index (Phi) is 9.53. The van der Waals surface area contributed by atoms with E-state index in [4.69, 9.17) is 9.47 Å². The second-order valence-electron chi connectivity index (χ2n) is 10.0. The molecule has 6 atom stereocenters. The summed E-state index contributed by atoms with van der Waals surface area (Å²) >= 11 is 0. The number of hydrogen-bond donors (Lipinski definition) is 1. The van der Waals surface area contributed by atoms with Crippen LogP contribution in [0.25, 0.3) is 0 Å². The molecular formula is C27H42N2O6. The van der Waals surface area contributed by atoms with Gasteiger partial charge >= 0.3 is 5.97 Å². The fourth-order valence-electron chi connectivity index (χ4n) is 6.20. The number of nitrogens with zero attached hydrogens (tertiary/aromatic N) is 2. The van der Waals surface area contributed by atoms with Gasteiger partial charge in [-0.25, -0.2) is 0 Å². The molecule has 2 amide bonds. The molecule has 8 nitrogen and oxygen atoms in total. The van der Waals surface area contributed by atoms with Crippen molar-refractivity contribution in [1.82, 2.24) is 9.80 Å². The number of aliphatic hydroxyl groups is 1. The van der Waals surface area contributed by atoms with Crippen LogP contribution in [-0.2, 0) is 23.9 Å². The lowest BCUT2D eigenvalue weighted by molar-refractivity contribution is -0.155. The number of aliphatic hydroxyl groups excluding tert-OH is 1. The highest BCUT2D eigenvalue weighted by atomic mass is 16.6. The Hall–Kier alpha value is -2.19. The first-order valence-corrected chi connectivity index (χ1v) is 13.2. The van der Waals surface area contributed by atoms with Crippen molar-refractivity contribution in [3.8, 4) is 0 Å². The van der Waals surface area contributed by atoms with Gasteiger partial charge in [-0.3, -0.25) is 14.4 Å². The Balaban J connectivity index is 1.88. The summed E-state index contributed by atoms with van der Waals surface area (Å²) in [5.74, 6) is -2.26. The number of amides is 2. The van der Waals surface area contributed by atoms with Gasteiger partial charge in [0.1, 0.15) is 11.6 Å². The number of ether oxygens (including phenoxy) is 2. The fraction of sp³-hybridized carbons (Fsp3) is 0.741. The molecule has 3 heterocycles. The lowest BCUT2D eigenvalue weighted by Crippen LogP contribution is -2.58. The maximum absolute atomic E-state index is 14.1. The quantitative estimate of drug-likeness (QED) is 0.215. The summed E-state index contributed by atoms with van der Waals surface area (Å²) in [6, 6.07) is -0.841. The summed E-state index contributed by atoms with van der Waals surface area (Å²) in [5, 5.41) is 9.46. The van der Waals surface area contributed by atoms with Crippen molar-refractivity contribution in [3.63, 3.8) is 0 Å². The maximum atomic E-state index is 14.1. The van der Waals surface area contributed by atoms with E-state index in [1.54, 1.807) is 15.9 Å². The fourth-order valence-corrected chi connectivity index (χ4v) is 6.20. The van der Waals surface area contributed by atoms with Gasteiger partial charge in [-0.05, 0) is 51.9 Å². The highest BCUT2D eigenvalue weighted by Gasteiger charge is 2.75. The van der Waals surface area contributed by atoms with Crippen LogP contribution in [-0.4, -0.2) is 82.8 Å². The van der Waals surface area contributed by atoms with Crippen LogP contribution in [0.4, 0.5) is 0 Å². The Labute approximate surface area is 209 Å². The molecule has 2 bridgehead atoms. The second kappa shape index (κ2) is 12.2. The topological polar surface area (TPSA) is 96.4 Å². The minimum atomic E-state index is -1.04. The predicted octanol–water partition coefficient (Wildman–Crippen LogP) is 2.85. The van der Waals surface area contributed by atoms with Crippen molar-refractivity contribution >= 4 is 17.8 Å². The van der Waals surface area contributed by atoms with Gasteiger partial charge in [-0.1, -0.05) is 25.5 Å². The van der Waals surface area contributed by atoms with Gasteiger partial charge in [0, 0.05) is 25.7 Å².